The summed E-state index contributed by atoms with van der Waals surface area (Å²) in [5, 5.41) is 5.29. The second-order valence-corrected chi connectivity index (χ2v) is 12.6. The van der Waals surface area contributed by atoms with E-state index in [4.69, 9.17) is 15.9 Å². The van der Waals surface area contributed by atoms with E-state index in [0.29, 0.717) is 11.1 Å². The quantitative estimate of drug-likeness (QED) is 0.156. The average Bonchev–Trinajstić information content (AvgIpc) is 2.89. The predicted molar refractivity (Wildman–Crippen MR) is 169 cm³/mol. The van der Waals surface area contributed by atoms with Gasteiger partial charge in [-0.3, -0.25) is 14.5 Å². The van der Waals surface area contributed by atoms with Crippen LogP contribution < -0.4 is 10.6 Å². The van der Waals surface area contributed by atoms with Gasteiger partial charge in [-0.15, -0.1) is 0 Å². The highest BCUT2D eigenvalue weighted by Crippen LogP contribution is 2.27. The first kappa shape index (κ1) is 35.2. The summed E-state index contributed by atoms with van der Waals surface area (Å²) in [6.07, 6.45) is 5.18. The van der Waals surface area contributed by atoms with Crippen LogP contribution in [0, 0.1) is 26.3 Å². The molecule has 43 heavy (non-hydrogen) atoms. The van der Waals surface area contributed by atoms with Crippen molar-refractivity contribution in [2.24, 2.45) is 0 Å². The van der Waals surface area contributed by atoms with Crippen LogP contribution in [0.4, 0.5) is 4.79 Å². The fraction of sp³-hybridized carbons (Fsp3) is 0.455. The zero-order valence-electron chi connectivity index (χ0n) is 26.2. The lowest BCUT2D eigenvalue weighted by Gasteiger charge is -2.32. The number of hydrogen-bond donors (Lipinski definition) is 3. The Labute approximate surface area is 260 Å². The highest BCUT2D eigenvalue weighted by Gasteiger charge is 2.38. The summed E-state index contributed by atoms with van der Waals surface area (Å²) in [5.41, 5.74) is 1.16. The molecule has 9 nitrogen and oxygen atoms in total. The number of hydrogen-bond acceptors (Lipinski definition) is 7. The summed E-state index contributed by atoms with van der Waals surface area (Å²) in [7, 11) is 0. The van der Waals surface area contributed by atoms with Gasteiger partial charge in [0.2, 0.25) is 5.91 Å². The molecule has 0 saturated carbocycles. The van der Waals surface area contributed by atoms with Crippen LogP contribution in [0.2, 0.25) is 0 Å². The molecule has 3 atom stereocenters. The topological polar surface area (TPSA) is 114 Å². The third kappa shape index (κ3) is 11.0. The van der Waals surface area contributed by atoms with Crippen LogP contribution >= 0.6 is 12.6 Å². The number of rotatable bonds is 10. The Morgan fingerprint density at radius 3 is 2.05 bits per heavy atom. The molecule has 0 aliphatic rings. The van der Waals surface area contributed by atoms with Gasteiger partial charge < -0.3 is 20.1 Å². The minimum Gasteiger partial charge on any atom is -0.458 e. The average molecular weight is 610 g/mol. The van der Waals surface area contributed by atoms with Crippen LogP contribution in [0.25, 0.3) is 0 Å². The minimum absolute atomic E-state index is 0.119. The highest BCUT2D eigenvalue weighted by molar-refractivity contribution is 7.80. The van der Waals surface area contributed by atoms with Crippen molar-refractivity contribution in [3.8, 4) is 12.5 Å². The number of nitrogens with zero attached hydrogens (tertiary/aromatic N) is 1. The number of aryl methyl sites for hydroxylation is 2. The summed E-state index contributed by atoms with van der Waals surface area (Å²) in [6, 6.07) is 13.3. The summed E-state index contributed by atoms with van der Waals surface area (Å²) in [6.45, 7) is 13.9. The van der Waals surface area contributed by atoms with Crippen LogP contribution in [0.1, 0.15) is 69.8 Å². The lowest BCUT2D eigenvalue weighted by Crippen LogP contribution is -2.54. The molecule has 0 aliphatic heterocycles. The van der Waals surface area contributed by atoms with E-state index in [1.165, 1.54) is 0 Å². The number of carbonyl (C=O) groups is 4. The smallest absolute Gasteiger partial charge is 0.408 e. The van der Waals surface area contributed by atoms with E-state index in [-0.39, 0.29) is 12.2 Å². The van der Waals surface area contributed by atoms with E-state index in [1.807, 2.05) is 49.4 Å². The van der Waals surface area contributed by atoms with Crippen LogP contribution in [0.3, 0.4) is 0 Å². The van der Waals surface area contributed by atoms with Crippen molar-refractivity contribution in [3.63, 3.8) is 0 Å². The van der Waals surface area contributed by atoms with Crippen molar-refractivity contribution >= 4 is 36.5 Å². The SMILES string of the molecule is C#CN(C(=O)C(CS)NC(=O)OC(C)(C)C)C(C(=O)NC(Cc1ccccc1)C(=O)OC(C)(C)C)c1cc(C)ccc1C. The highest BCUT2D eigenvalue weighted by atomic mass is 32.1. The Balaban J connectivity index is 2.54. The molecule has 3 unspecified atom stereocenters. The number of amides is 3. The molecule has 0 heterocycles. The molecule has 2 aromatic carbocycles. The Morgan fingerprint density at radius 2 is 1.51 bits per heavy atom. The monoisotopic (exact) mass is 609 g/mol. The van der Waals surface area contributed by atoms with E-state index in [0.717, 1.165) is 16.0 Å². The second kappa shape index (κ2) is 15.0. The number of carbonyl (C=O) groups excluding carboxylic acids is 4. The molecule has 0 fully saturated rings. The Morgan fingerprint density at radius 1 is 0.907 bits per heavy atom. The summed E-state index contributed by atoms with van der Waals surface area (Å²) < 4.78 is 10.9. The van der Waals surface area contributed by atoms with Gasteiger partial charge in [-0.2, -0.15) is 12.6 Å². The maximum Gasteiger partial charge on any atom is 0.408 e. The van der Waals surface area contributed by atoms with Gasteiger partial charge >= 0.3 is 12.1 Å². The van der Waals surface area contributed by atoms with E-state index in [1.54, 1.807) is 54.5 Å². The van der Waals surface area contributed by atoms with Crippen molar-refractivity contribution in [1.82, 2.24) is 15.5 Å². The summed E-state index contributed by atoms with van der Waals surface area (Å²) >= 11 is 4.25. The number of alkyl carbamates (subject to hydrolysis) is 1. The van der Waals surface area contributed by atoms with Gasteiger partial charge in [-0.05, 0) is 72.1 Å². The lowest BCUT2D eigenvalue weighted by atomic mass is 9.96. The molecule has 0 radical (unpaired) electrons. The lowest BCUT2D eigenvalue weighted by molar-refractivity contribution is -0.159. The van der Waals surface area contributed by atoms with E-state index >= 15 is 0 Å². The van der Waals surface area contributed by atoms with Gasteiger partial charge in [-0.25, -0.2) is 9.59 Å². The third-order valence-electron chi connectivity index (χ3n) is 6.07. The number of terminal acetylenes is 1. The van der Waals surface area contributed by atoms with Gasteiger partial charge in [0, 0.05) is 18.2 Å². The standard InChI is InChI=1S/C33H43N3O6S/c1-10-36(29(38)26(20-43)35-31(40)42-33(7,8)9)27(24-18-21(2)16-17-22(24)3)28(37)34-25(30(39)41-32(4,5)6)19-23-14-12-11-13-15-23/h1,11-18,25-27,43H,19-20H2,2-9H3,(H,34,37)(H,35,40). The maximum atomic E-state index is 14.2. The van der Waals surface area contributed by atoms with Crippen molar-refractivity contribution in [2.75, 3.05) is 5.75 Å². The van der Waals surface area contributed by atoms with Crippen LogP contribution in [-0.2, 0) is 30.3 Å². The number of ether oxygens (including phenoxy) is 2. The summed E-state index contributed by atoms with van der Waals surface area (Å²) in [4.78, 5) is 54.7. The Bertz CT molecular complexity index is 1340. The van der Waals surface area contributed by atoms with Crippen LogP contribution in [0.5, 0.6) is 0 Å². The van der Waals surface area contributed by atoms with Gasteiger partial charge in [-0.1, -0.05) is 60.5 Å². The molecule has 2 N–H and O–H groups in total. The maximum absolute atomic E-state index is 14.2. The molecule has 10 heteroatoms. The first-order chi connectivity index (χ1) is 20.0. The second-order valence-electron chi connectivity index (χ2n) is 12.3. The minimum atomic E-state index is -1.35. The third-order valence-corrected chi connectivity index (χ3v) is 6.44. The van der Waals surface area contributed by atoms with Crippen molar-refractivity contribution in [1.29, 1.82) is 0 Å². The van der Waals surface area contributed by atoms with E-state index < -0.39 is 53.2 Å². The van der Waals surface area contributed by atoms with Crippen molar-refractivity contribution in [3.05, 3.63) is 70.8 Å². The number of benzene rings is 2. The zero-order valence-corrected chi connectivity index (χ0v) is 27.1. The predicted octanol–water partition coefficient (Wildman–Crippen LogP) is 4.66. The number of nitrogens with one attached hydrogen (secondary N) is 2. The Hall–Kier alpha value is -3.97. The van der Waals surface area contributed by atoms with E-state index in [2.05, 4.69) is 29.3 Å². The number of esters is 1. The molecule has 0 saturated heterocycles. The van der Waals surface area contributed by atoms with Crippen molar-refractivity contribution < 1.29 is 28.7 Å². The molecule has 0 aromatic heterocycles. The molecule has 2 aromatic rings. The van der Waals surface area contributed by atoms with Crippen molar-refractivity contribution in [2.45, 2.75) is 91.1 Å². The normalized spacial score (nSPS) is 13.5. The molecule has 0 bridgehead atoms. The summed E-state index contributed by atoms with van der Waals surface area (Å²) in [5.74, 6) is -2.20. The molecule has 0 spiro atoms. The van der Waals surface area contributed by atoms with E-state index in [9.17, 15) is 19.2 Å². The first-order valence-electron chi connectivity index (χ1n) is 14.0. The molecule has 2 rings (SSSR count). The molecular formula is C33H43N3O6S. The first-order valence-corrected chi connectivity index (χ1v) is 14.6. The molecule has 0 aliphatic carbocycles. The zero-order chi connectivity index (χ0) is 32.5. The molecule has 3 amide bonds. The Kier molecular flexibility index (Phi) is 12.3. The molecule has 232 valence electrons. The van der Waals surface area contributed by atoms with Crippen LogP contribution in [0.15, 0.2) is 48.5 Å². The van der Waals surface area contributed by atoms with Gasteiger partial charge in [0.05, 0.1) is 0 Å². The number of thiol groups is 1. The fourth-order valence-electron chi connectivity index (χ4n) is 4.19. The largest absolute Gasteiger partial charge is 0.458 e. The van der Waals surface area contributed by atoms with Crippen LogP contribution in [-0.4, -0.2) is 57.8 Å². The van der Waals surface area contributed by atoms with Gasteiger partial charge in [0.15, 0.2) is 0 Å². The van der Waals surface area contributed by atoms with Gasteiger partial charge in [0.25, 0.3) is 5.91 Å². The molecular weight excluding hydrogens is 566 g/mol. The fourth-order valence-corrected chi connectivity index (χ4v) is 4.43. The van der Waals surface area contributed by atoms with Gasteiger partial charge in [0.1, 0.15) is 29.3 Å².